The molecule has 1 aromatic heterocycles. The van der Waals surface area contributed by atoms with Crippen molar-refractivity contribution in [2.45, 2.75) is 0 Å². The van der Waals surface area contributed by atoms with Crippen molar-refractivity contribution in [2.24, 2.45) is 0 Å². The van der Waals surface area contributed by atoms with Crippen molar-refractivity contribution in [3.05, 3.63) is 54.9 Å². The Kier molecular flexibility index (Phi) is 5.33. The molecule has 0 aliphatic rings. The molecule has 0 spiro atoms. The van der Waals surface area contributed by atoms with Gasteiger partial charge in [-0.3, -0.25) is 0 Å². The van der Waals surface area contributed by atoms with Gasteiger partial charge < -0.3 is 17.1 Å². The summed E-state index contributed by atoms with van der Waals surface area (Å²) in [7, 11) is 3.34. The number of ether oxygens (including phenoxy) is 1. The topological polar surface area (TPSA) is 33.4 Å². The average molecular weight is 279 g/mol. The number of pyridine rings is 1. The van der Waals surface area contributed by atoms with Crippen molar-refractivity contribution < 1.29 is 26.5 Å². The summed E-state index contributed by atoms with van der Waals surface area (Å²) >= 11 is 0. The molecule has 0 atom stereocenters. The third-order valence-electron chi connectivity index (χ3n) is 2.69. The van der Waals surface area contributed by atoms with Crippen LogP contribution in [0, 0.1) is 0 Å². The molecule has 1 amide bonds. The highest BCUT2D eigenvalue weighted by Crippen LogP contribution is 2.11. The molecule has 0 saturated carbocycles. The maximum atomic E-state index is 12.2. The van der Waals surface area contributed by atoms with E-state index >= 15 is 0 Å². The van der Waals surface area contributed by atoms with Gasteiger partial charge in [-0.15, -0.1) is 0 Å². The molecule has 0 fully saturated rings. The fourth-order valence-electron chi connectivity index (χ4n) is 1.61. The largest absolute Gasteiger partial charge is 1.00 e. The number of methoxy groups -OCH3 is 1. The monoisotopic (exact) mass is 278 g/mol. The minimum Gasteiger partial charge on any atom is -1.00 e. The molecule has 0 aliphatic heterocycles. The van der Waals surface area contributed by atoms with E-state index in [9.17, 15) is 4.79 Å². The maximum Gasteiger partial charge on any atom is 0.502 e. The number of rotatable bonds is 2. The van der Waals surface area contributed by atoms with Crippen molar-refractivity contribution in [3.8, 4) is 5.75 Å². The lowest BCUT2D eigenvalue weighted by molar-refractivity contribution is -0.569. The van der Waals surface area contributed by atoms with Crippen LogP contribution in [-0.2, 0) is 0 Å². The summed E-state index contributed by atoms with van der Waals surface area (Å²) in [6, 6.07) is 12.9. The highest BCUT2D eigenvalue weighted by Gasteiger charge is 2.21. The van der Waals surface area contributed by atoms with Crippen LogP contribution in [0.1, 0.15) is 0 Å². The summed E-state index contributed by atoms with van der Waals surface area (Å²) in [5.74, 6) is 0.724. The molecule has 100 valence electrons. The van der Waals surface area contributed by atoms with Crippen LogP contribution in [0.2, 0.25) is 0 Å². The Balaban J connectivity index is 0.00000180. The number of hydrogen-bond acceptors (Lipinski definition) is 2. The van der Waals surface area contributed by atoms with Gasteiger partial charge in [-0.2, -0.15) is 14.3 Å². The van der Waals surface area contributed by atoms with Crippen LogP contribution in [0.25, 0.3) is 0 Å². The smallest absolute Gasteiger partial charge is 0.502 e. The second-order valence-corrected chi connectivity index (χ2v) is 3.82. The standard InChI is InChI=1S/C14H15N2O2.ClH/c1-15(12-6-4-3-5-7-12)14(17)16-10-8-13(18-2)9-11-16;/h3-11H,1-2H3;1H/q+1;/p-1. The molecule has 5 heteroatoms. The molecule has 0 unspecified atom stereocenters. The average Bonchev–Trinajstić information content (AvgIpc) is 2.47. The third-order valence-corrected chi connectivity index (χ3v) is 2.69. The molecule has 0 bridgehead atoms. The van der Waals surface area contributed by atoms with Crippen LogP contribution >= 0.6 is 0 Å². The molecule has 0 radical (unpaired) electrons. The van der Waals surface area contributed by atoms with Gasteiger partial charge in [0.1, 0.15) is 23.8 Å². The zero-order valence-corrected chi connectivity index (χ0v) is 11.5. The molecule has 0 aliphatic carbocycles. The van der Waals surface area contributed by atoms with E-state index in [1.807, 2.05) is 30.3 Å². The fourth-order valence-corrected chi connectivity index (χ4v) is 1.61. The van der Waals surface area contributed by atoms with Gasteiger partial charge in [-0.05, 0) is 12.1 Å². The number of nitrogens with zero attached hydrogens (tertiary/aromatic N) is 2. The third kappa shape index (κ3) is 3.45. The zero-order chi connectivity index (χ0) is 13.0. The van der Waals surface area contributed by atoms with Crippen molar-refractivity contribution in [2.75, 3.05) is 19.1 Å². The Morgan fingerprint density at radius 2 is 1.68 bits per heavy atom. The summed E-state index contributed by atoms with van der Waals surface area (Å²) in [4.78, 5) is 13.8. The molecule has 19 heavy (non-hydrogen) atoms. The SMILES string of the molecule is COc1cc[n+](C(=O)N(C)c2ccccc2)cc1.[Cl-]. The summed E-state index contributed by atoms with van der Waals surface area (Å²) < 4.78 is 6.57. The van der Waals surface area contributed by atoms with Gasteiger partial charge >= 0.3 is 6.03 Å². The first kappa shape index (κ1) is 15.0. The summed E-state index contributed by atoms with van der Waals surface area (Å²) in [6.45, 7) is 0. The Morgan fingerprint density at radius 3 is 2.21 bits per heavy atom. The van der Waals surface area contributed by atoms with Crippen molar-refractivity contribution in [3.63, 3.8) is 0 Å². The van der Waals surface area contributed by atoms with E-state index in [4.69, 9.17) is 4.74 Å². The molecule has 0 N–H and O–H groups in total. The molecule has 1 heterocycles. The first-order valence-corrected chi connectivity index (χ1v) is 5.61. The molecule has 1 aromatic carbocycles. The molecule has 4 nitrogen and oxygen atoms in total. The quantitative estimate of drug-likeness (QED) is 0.667. The lowest BCUT2D eigenvalue weighted by Crippen LogP contribution is -3.00. The molecule has 2 aromatic rings. The minimum absolute atomic E-state index is 0. The van der Waals surface area contributed by atoms with E-state index in [-0.39, 0.29) is 18.4 Å². The Bertz CT molecular complexity index is 529. The van der Waals surface area contributed by atoms with Crippen molar-refractivity contribution in [1.29, 1.82) is 0 Å². The highest BCUT2D eigenvalue weighted by atomic mass is 35.5. The van der Waals surface area contributed by atoms with Gasteiger partial charge in [0.2, 0.25) is 0 Å². The second-order valence-electron chi connectivity index (χ2n) is 3.82. The lowest BCUT2D eigenvalue weighted by Gasteiger charge is -2.09. The van der Waals surface area contributed by atoms with Crippen LogP contribution in [0.3, 0.4) is 0 Å². The second kappa shape index (κ2) is 6.75. The van der Waals surface area contributed by atoms with E-state index in [1.165, 1.54) is 4.57 Å². The van der Waals surface area contributed by atoms with Crippen LogP contribution in [0.5, 0.6) is 5.75 Å². The Hall–Kier alpha value is -2.07. The Morgan fingerprint density at radius 1 is 1.11 bits per heavy atom. The number of hydrogen-bond donors (Lipinski definition) is 0. The van der Waals surface area contributed by atoms with Gasteiger partial charge in [0.05, 0.1) is 14.2 Å². The number of para-hydroxylation sites is 1. The summed E-state index contributed by atoms with van der Waals surface area (Å²) in [5.41, 5.74) is 0.853. The van der Waals surface area contributed by atoms with Gasteiger partial charge in [0.15, 0.2) is 0 Å². The van der Waals surface area contributed by atoms with Gasteiger partial charge in [0.25, 0.3) is 0 Å². The van der Waals surface area contributed by atoms with Crippen LogP contribution < -0.4 is 26.6 Å². The fraction of sp³-hybridized carbons (Fsp3) is 0.143. The number of halogens is 1. The molecule has 2 rings (SSSR count). The van der Waals surface area contributed by atoms with Crippen LogP contribution in [0.15, 0.2) is 54.9 Å². The Labute approximate surface area is 118 Å². The lowest BCUT2D eigenvalue weighted by atomic mass is 10.3. The maximum absolute atomic E-state index is 12.2. The minimum atomic E-state index is -0.121. The van der Waals surface area contributed by atoms with E-state index in [2.05, 4.69) is 0 Å². The van der Waals surface area contributed by atoms with E-state index in [1.54, 1.807) is 43.6 Å². The summed E-state index contributed by atoms with van der Waals surface area (Å²) in [6.07, 6.45) is 3.36. The highest BCUT2D eigenvalue weighted by molar-refractivity contribution is 5.84. The number of amides is 1. The van der Waals surface area contributed by atoms with E-state index in [0.717, 1.165) is 11.4 Å². The number of anilines is 1. The number of carbonyl (C=O) groups excluding carboxylic acids is 1. The normalized spacial score (nSPS) is 9.37. The van der Waals surface area contributed by atoms with Crippen molar-refractivity contribution in [1.82, 2.24) is 0 Å². The number of carbonyl (C=O) groups is 1. The van der Waals surface area contributed by atoms with Gasteiger partial charge in [0, 0.05) is 12.1 Å². The van der Waals surface area contributed by atoms with Gasteiger partial charge in [-0.25, -0.2) is 0 Å². The van der Waals surface area contributed by atoms with Crippen LogP contribution in [-0.4, -0.2) is 20.2 Å². The zero-order valence-electron chi connectivity index (χ0n) is 10.8. The van der Waals surface area contributed by atoms with Crippen molar-refractivity contribution >= 4 is 11.7 Å². The molecular weight excluding hydrogens is 264 g/mol. The molecule has 0 saturated heterocycles. The predicted octanol–water partition coefficient (Wildman–Crippen LogP) is -0.909. The van der Waals surface area contributed by atoms with E-state index in [0.29, 0.717) is 0 Å². The summed E-state index contributed by atoms with van der Waals surface area (Å²) in [5, 5.41) is 0. The van der Waals surface area contributed by atoms with E-state index < -0.39 is 0 Å². The molecular formula is C14H15ClN2O2. The van der Waals surface area contributed by atoms with Gasteiger partial charge in [-0.1, -0.05) is 18.2 Å². The number of benzene rings is 1. The predicted molar refractivity (Wildman–Crippen MR) is 68.8 cm³/mol. The number of aromatic nitrogens is 1. The first-order chi connectivity index (χ1) is 8.72. The first-order valence-electron chi connectivity index (χ1n) is 5.61. The van der Waals surface area contributed by atoms with Crippen LogP contribution in [0.4, 0.5) is 10.5 Å².